The van der Waals surface area contributed by atoms with Gasteiger partial charge in [-0.1, -0.05) is 0 Å². The highest BCUT2D eigenvalue weighted by molar-refractivity contribution is 5.88. The lowest BCUT2D eigenvalue weighted by atomic mass is 10.3. The fraction of sp³-hybridized carbons (Fsp3) is 0.0909. The van der Waals surface area contributed by atoms with Gasteiger partial charge in [0.05, 0.1) is 7.11 Å². The van der Waals surface area contributed by atoms with Crippen LogP contribution in [0.15, 0.2) is 24.3 Å². The molecule has 0 radical (unpaired) electrons. The Bertz CT molecular complexity index is 610. The Balaban J connectivity index is 2.51. The molecule has 0 bridgehead atoms. The minimum atomic E-state index is -0.832. The van der Waals surface area contributed by atoms with E-state index in [2.05, 4.69) is 9.84 Å². The molecular formula is C11H9F2N3O2. The number of carbonyl (C=O) groups is 1. The maximum Gasteiger partial charge on any atom is 0.358 e. The number of methoxy groups -OCH3 is 1. The number of halogens is 2. The summed E-state index contributed by atoms with van der Waals surface area (Å²) in [4.78, 5) is 11.2. The highest BCUT2D eigenvalue weighted by Crippen LogP contribution is 2.18. The van der Waals surface area contributed by atoms with E-state index in [-0.39, 0.29) is 17.2 Å². The van der Waals surface area contributed by atoms with Gasteiger partial charge in [-0.05, 0) is 12.1 Å². The third-order valence-corrected chi connectivity index (χ3v) is 2.27. The number of hydrogen-bond acceptors (Lipinski definition) is 4. The van der Waals surface area contributed by atoms with E-state index in [1.54, 1.807) is 0 Å². The summed E-state index contributed by atoms with van der Waals surface area (Å²) in [6.07, 6.45) is 0. The number of ether oxygens (including phenoxy) is 1. The van der Waals surface area contributed by atoms with Crippen molar-refractivity contribution in [2.75, 3.05) is 12.8 Å². The third-order valence-electron chi connectivity index (χ3n) is 2.27. The summed E-state index contributed by atoms with van der Waals surface area (Å²) in [6.45, 7) is 0. The number of anilines is 1. The lowest BCUT2D eigenvalue weighted by Gasteiger charge is -2.04. The fourth-order valence-corrected chi connectivity index (χ4v) is 1.45. The molecule has 0 fully saturated rings. The van der Waals surface area contributed by atoms with Crippen molar-refractivity contribution in [3.05, 3.63) is 41.6 Å². The molecule has 0 aliphatic heterocycles. The van der Waals surface area contributed by atoms with Crippen LogP contribution in [0.2, 0.25) is 0 Å². The lowest BCUT2D eigenvalue weighted by Crippen LogP contribution is -2.06. The van der Waals surface area contributed by atoms with Crippen LogP contribution >= 0.6 is 0 Å². The first-order valence-electron chi connectivity index (χ1n) is 4.92. The molecule has 1 aromatic carbocycles. The van der Waals surface area contributed by atoms with Crippen LogP contribution in [0, 0.1) is 11.6 Å². The maximum atomic E-state index is 13.5. The molecule has 0 unspecified atom stereocenters. The van der Waals surface area contributed by atoms with E-state index in [0.717, 1.165) is 10.7 Å². The van der Waals surface area contributed by atoms with Gasteiger partial charge in [-0.15, -0.1) is 0 Å². The second-order valence-electron chi connectivity index (χ2n) is 3.45. The third kappa shape index (κ3) is 2.02. The topological polar surface area (TPSA) is 70.1 Å². The number of carbonyl (C=O) groups excluding carboxylic acids is 1. The molecule has 0 atom stereocenters. The van der Waals surface area contributed by atoms with Gasteiger partial charge < -0.3 is 10.5 Å². The fourth-order valence-electron chi connectivity index (χ4n) is 1.45. The van der Waals surface area contributed by atoms with Crippen molar-refractivity contribution >= 4 is 11.8 Å². The predicted octanol–water partition coefficient (Wildman–Crippen LogP) is 1.52. The number of nitrogens with two attached hydrogens (primary N) is 1. The molecule has 1 aromatic heterocycles. The van der Waals surface area contributed by atoms with Gasteiger partial charge in [0.15, 0.2) is 11.5 Å². The molecule has 0 aliphatic rings. The molecular weight excluding hydrogens is 244 g/mol. The van der Waals surface area contributed by atoms with Gasteiger partial charge >= 0.3 is 5.97 Å². The highest BCUT2D eigenvalue weighted by atomic mass is 19.1. The van der Waals surface area contributed by atoms with Crippen LogP contribution in [0.4, 0.5) is 14.6 Å². The number of nitrogens with zero attached hydrogens (tertiary/aromatic N) is 2. The molecule has 0 aliphatic carbocycles. The van der Waals surface area contributed by atoms with Crippen molar-refractivity contribution in [3.8, 4) is 5.69 Å². The summed E-state index contributed by atoms with van der Waals surface area (Å²) in [5, 5.41) is 3.80. The number of esters is 1. The second-order valence-corrected chi connectivity index (χ2v) is 3.45. The zero-order chi connectivity index (χ0) is 13.3. The Morgan fingerprint density at radius 1 is 1.39 bits per heavy atom. The van der Waals surface area contributed by atoms with Crippen molar-refractivity contribution in [1.29, 1.82) is 0 Å². The van der Waals surface area contributed by atoms with Crippen LogP contribution in [0.25, 0.3) is 5.69 Å². The molecule has 1 heterocycles. The second kappa shape index (κ2) is 4.44. The van der Waals surface area contributed by atoms with Gasteiger partial charge in [0.25, 0.3) is 0 Å². The van der Waals surface area contributed by atoms with Gasteiger partial charge in [-0.25, -0.2) is 18.3 Å². The van der Waals surface area contributed by atoms with Crippen molar-refractivity contribution in [3.63, 3.8) is 0 Å². The Kier molecular flexibility index (Phi) is 2.97. The van der Waals surface area contributed by atoms with Crippen LogP contribution in [0.5, 0.6) is 0 Å². The molecule has 0 saturated heterocycles. The SMILES string of the molecule is COC(=O)c1cc(N)n(-c2ccc(F)cc2F)n1. The normalized spacial score (nSPS) is 10.4. The molecule has 5 nitrogen and oxygen atoms in total. The van der Waals surface area contributed by atoms with Crippen LogP contribution in [-0.2, 0) is 4.74 Å². The van der Waals surface area contributed by atoms with E-state index in [0.29, 0.717) is 6.07 Å². The van der Waals surface area contributed by atoms with Crippen molar-refractivity contribution in [2.45, 2.75) is 0 Å². The van der Waals surface area contributed by atoms with Crippen molar-refractivity contribution in [2.24, 2.45) is 0 Å². The first-order valence-corrected chi connectivity index (χ1v) is 4.92. The molecule has 7 heteroatoms. The summed E-state index contributed by atoms with van der Waals surface area (Å²) in [6, 6.07) is 4.19. The minimum Gasteiger partial charge on any atom is -0.464 e. The average Bonchev–Trinajstić information content (AvgIpc) is 2.70. The van der Waals surface area contributed by atoms with E-state index in [1.165, 1.54) is 19.2 Å². The van der Waals surface area contributed by atoms with E-state index < -0.39 is 17.6 Å². The standard InChI is InChI=1S/C11H9F2N3O2/c1-18-11(17)8-5-10(14)16(15-8)9-3-2-6(12)4-7(9)13/h2-5H,14H2,1H3. The Morgan fingerprint density at radius 3 is 2.72 bits per heavy atom. The molecule has 18 heavy (non-hydrogen) atoms. The summed E-state index contributed by atoms with van der Waals surface area (Å²) < 4.78 is 31.8. The Morgan fingerprint density at radius 2 is 2.11 bits per heavy atom. The molecule has 0 saturated carbocycles. The van der Waals surface area contributed by atoms with E-state index >= 15 is 0 Å². The Labute approximate surface area is 101 Å². The van der Waals surface area contributed by atoms with Gasteiger partial charge in [0, 0.05) is 12.1 Å². The summed E-state index contributed by atoms with van der Waals surface area (Å²) in [5.74, 6) is -2.19. The maximum absolute atomic E-state index is 13.5. The molecule has 0 spiro atoms. The monoisotopic (exact) mass is 253 g/mol. The van der Waals surface area contributed by atoms with Gasteiger partial charge in [-0.2, -0.15) is 5.10 Å². The van der Waals surface area contributed by atoms with Crippen molar-refractivity contribution < 1.29 is 18.3 Å². The molecule has 2 N–H and O–H groups in total. The molecule has 0 amide bonds. The average molecular weight is 253 g/mol. The molecule has 2 rings (SSSR count). The first-order chi connectivity index (χ1) is 8.52. The van der Waals surface area contributed by atoms with Gasteiger partial charge in [0.1, 0.15) is 17.3 Å². The number of hydrogen-bond donors (Lipinski definition) is 1. The zero-order valence-corrected chi connectivity index (χ0v) is 9.35. The van der Waals surface area contributed by atoms with E-state index in [4.69, 9.17) is 5.73 Å². The van der Waals surface area contributed by atoms with Gasteiger partial charge in [-0.3, -0.25) is 0 Å². The largest absolute Gasteiger partial charge is 0.464 e. The van der Waals surface area contributed by atoms with Crippen LogP contribution < -0.4 is 5.73 Å². The summed E-state index contributed by atoms with van der Waals surface area (Å²) in [7, 11) is 1.19. The number of nitrogen functional groups attached to an aromatic ring is 1. The van der Waals surface area contributed by atoms with Gasteiger partial charge in [0.2, 0.25) is 0 Å². The van der Waals surface area contributed by atoms with Crippen LogP contribution in [0.3, 0.4) is 0 Å². The van der Waals surface area contributed by atoms with Crippen molar-refractivity contribution in [1.82, 2.24) is 9.78 Å². The van der Waals surface area contributed by atoms with Crippen LogP contribution in [0.1, 0.15) is 10.5 Å². The number of benzene rings is 1. The number of rotatable bonds is 2. The highest BCUT2D eigenvalue weighted by Gasteiger charge is 2.16. The van der Waals surface area contributed by atoms with E-state index in [9.17, 15) is 13.6 Å². The van der Waals surface area contributed by atoms with E-state index in [1.807, 2.05) is 0 Å². The lowest BCUT2D eigenvalue weighted by molar-refractivity contribution is 0.0593. The Hall–Kier alpha value is -2.44. The predicted molar refractivity (Wildman–Crippen MR) is 59.2 cm³/mol. The van der Waals surface area contributed by atoms with Crippen LogP contribution in [-0.4, -0.2) is 22.9 Å². The molecule has 94 valence electrons. The zero-order valence-electron chi connectivity index (χ0n) is 9.35. The quantitative estimate of drug-likeness (QED) is 0.824. The molecule has 2 aromatic rings. The first kappa shape index (κ1) is 12.0. The summed E-state index contributed by atoms with van der Waals surface area (Å²) in [5.41, 5.74) is 5.50. The number of aromatic nitrogens is 2. The summed E-state index contributed by atoms with van der Waals surface area (Å²) >= 11 is 0. The minimum absolute atomic E-state index is 0.0425. The smallest absolute Gasteiger partial charge is 0.358 e.